The molecular formula is C8H15Cl2N3. The Bertz CT molecular complexity index is 245. The van der Waals surface area contributed by atoms with Crippen molar-refractivity contribution in [3.8, 4) is 0 Å². The van der Waals surface area contributed by atoms with Crippen LogP contribution in [0.5, 0.6) is 0 Å². The molecule has 3 nitrogen and oxygen atoms in total. The van der Waals surface area contributed by atoms with Crippen LogP contribution in [0.15, 0.2) is 12.4 Å². The molecule has 13 heavy (non-hydrogen) atoms. The van der Waals surface area contributed by atoms with Crippen molar-refractivity contribution in [2.75, 3.05) is 6.54 Å². The van der Waals surface area contributed by atoms with Crippen molar-refractivity contribution in [1.82, 2.24) is 9.78 Å². The van der Waals surface area contributed by atoms with Crippen LogP contribution in [-0.2, 0) is 6.54 Å². The van der Waals surface area contributed by atoms with E-state index in [0.717, 1.165) is 12.5 Å². The maximum atomic E-state index is 5.40. The van der Waals surface area contributed by atoms with Gasteiger partial charge in [0.2, 0.25) is 0 Å². The van der Waals surface area contributed by atoms with Gasteiger partial charge in [0.25, 0.3) is 0 Å². The topological polar surface area (TPSA) is 43.8 Å². The van der Waals surface area contributed by atoms with Crippen molar-refractivity contribution in [3.05, 3.63) is 18.0 Å². The second kappa shape index (κ2) is 5.47. The van der Waals surface area contributed by atoms with Crippen molar-refractivity contribution < 1.29 is 0 Å². The van der Waals surface area contributed by atoms with E-state index in [0.29, 0.717) is 6.54 Å². The normalized spacial score (nSPS) is 14.5. The lowest BCUT2D eigenvalue weighted by Gasteiger charge is -1.94. The molecule has 0 unspecified atom stereocenters. The number of hydrogen-bond acceptors (Lipinski definition) is 2. The Labute approximate surface area is 90.5 Å². The average molecular weight is 224 g/mol. The van der Waals surface area contributed by atoms with E-state index in [2.05, 4.69) is 11.3 Å². The molecule has 1 heterocycles. The third-order valence-electron chi connectivity index (χ3n) is 2.06. The zero-order chi connectivity index (χ0) is 7.68. The molecule has 1 saturated carbocycles. The molecule has 76 valence electrons. The number of rotatable bonds is 3. The van der Waals surface area contributed by atoms with E-state index in [1.54, 1.807) is 0 Å². The summed E-state index contributed by atoms with van der Waals surface area (Å²) in [5, 5.41) is 4.20. The van der Waals surface area contributed by atoms with Gasteiger partial charge in [-0.1, -0.05) is 0 Å². The summed E-state index contributed by atoms with van der Waals surface area (Å²) in [4.78, 5) is 0. The molecule has 2 rings (SSSR count). The minimum absolute atomic E-state index is 0. The first kappa shape index (κ1) is 12.8. The lowest BCUT2D eigenvalue weighted by molar-refractivity contribution is 0.624. The van der Waals surface area contributed by atoms with E-state index < -0.39 is 0 Å². The monoisotopic (exact) mass is 223 g/mol. The van der Waals surface area contributed by atoms with Gasteiger partial charge in [-0.15, -0.1) is 24.8 Å². The van der Waals surface area contributed by atoms with Crippen LogP contribution in [0, 0.1) is 0 Å². The standard InChI is InChI=1S/C8H13N3.2ClH/c9-3-4-11-6-8(5-10-11)7-1-2-7;;/h5-7H,1-4,9H2;2*1H. The SMILES string of the molecule is Cl.Cl.NCCn1cc(C2CC2)cn1. The van der Waals surface area contributed by atoms with Gasteiger partial charge in [0.15, 0.2) is 0 Å². The van der Waals surface area contributed by atoms with Crippen LogP contribution in [-0.4, -0.2) is 16.3 Å². The average Bonchev–Trinajstić information content (AvgIpc) is 2.75. The fourth-order valence-corrected chi connectivity index (χ4v) is 1.26. The maximum absolute atomic E-state index is 5.40. The van der Waals surface area contributed by atoms with Crippen molar-refractivity contribution in [1.29, 1.82) is 0 Å². The number of halogens is 2. The second-order valence-electron chi connectivity index (χ2n) is 3.10. The molecule has 1 aromatic rings. The zero-order valence-electron chi connectivity index (χ0n) is 7.35. The van der Waals surface area contributed by atoms with Gasteiger partial charge in [-0.25, -0.2) is 0 Å². The summed E-state index contributed by atoms with van der Waals surface area (Å²) in [6.45, 7) is 1.51. The predicted molar refractivity (Wildman–Crippen MR) is 57.8 cm³/mol. The summed E-state index contributed by atoms with van der Waals surface area (Å²) in [5.41, 5.74) is 6.79. The molecule has 0 aliphatic heterocycles. The molecule has 0 radical (unpaired) electrons. The summed E-state index contributed by atoms with van der Waals surface area (Å²) >= 11 is 0. The van der Waals surface area contributed by atoms with Gasteiger partial charge in [-0.05, 0) is 24.3 Å². The predicted octanol–water partition coefficient (Wildman–Crippen LogP) is 1.56. The Kier molecular flexibility index (Phi) is 5.37. The third kappa shape index (κ3) is 3.18. The highest BCUT2D eigenvalue weighted by Gasteiger charge is 2.24. The summed E-state index contributed by atoms with van der Waals surface area (Å²) in [5.74, 6) is 0.807. The number of aromatic nitrogens is 2. The quantitative estimate of drug-likeness (QED) is 0.846. The Morgan fingerprint density at radius 1 is 1.46 bits per heavy atom. The molecule has 0 amide bonds. The largest absolute Gasteiger partial charge is 0.329 e. The van der Waals surface area contributed by atoms with E-state index in [4.69, 9.17) is 5.73 Å². The Hall–Kier alpha value is -0.250. The van der Waals surface area contributed by atoms with Crippen LogP contribution >= 0.6 is 24.8 Å². The van der Waals surface area contributed by atoms with Gasteiger partial charge in [-0.3, -0.25) is 4.68 Å². The summed E-state index contributed by atoms with van der Waals surface area (Å²) in [6, 6.07) is 0. The van der Waals surface area contributed by atoms with Crippen molar-refractivity contribution in [3.63, 3.8) is 0 Å². The fourth-order valence-electron chi connectivity index (χ4n) is 1.26. The van der Waals surface area contributed by atoms with E-state index in [1.807, 2.05) is 10.9 Å². The molecule has 1 aliphatic carbocycles. The summed E-state index contributed by atoms with van der Waals surface area (Å²) in [6.07, 6.45) is 6.76. The molecule has 0 aromatic carbocycles. The minimum atomic E-state index is 0. The minimum Gasteiger partial charge on any atom is -0.329 e. The van der Waals surface area contributed by atoms with E-state index in [-0.39, 0.29) is 24.8 Å². The second-order valence-corrected chi connectivity index (χ2v) is 3.10. The van der Waals surface area contributed by atoms with E-state index in [9.17, 15) is 0 Å². The molecule has 0 saturated heterocycles. The van der Waals surface area contributed by atoms with Gasteiger partial charge in [0.05, 0.1) is 12.7 Å². The Balaban J connectivity index is 0.000000720. The summed E-state index contributed by atoms with van der Waals surface area (Å²) in [7, 11) is 0. The van der Waals surface area contributed by atoms with Crippen LogP contribution in [0.25, 0.3) is 0 Å². The van der Waals surface area contributed by atoms with Crippen molar-refractivity contribution in [2.24, 2.45) is 5.73 Å². The molecule has 2 N–H and O–H groups in total. The van der Waals surface area contributed by atoms with Crippen molar-refractivity contribution >= 4 is 24.8 Å². The molecule has 1 aliphatic rings. The highest BCUT2D eigenvalue weighted by atomic mass is 35.5. The highest BCUT2D eigenvalue weighted by molar-refractivity contribution is 5.85. The van der Waals surface area contributed by atoms with Gasteiger partial charge in [0, 0.05) is 12.7 Å². The third-order valence-corrected chi connectivity index (χ3v) is 2.06. The maximum Gasteiger partial charge on any atom is 0.0531 e. The molecule has 0 spiro atoms. The lowest BCUT2D eigenvalue weighted by atomic mass is 10.2. The highest BCUT2D eigenvalue weighted by Crippen LogP contribution is 2.39. The molecule has 5 heteroatoms. The number of nitrogens with two attached hydrogens (primary N) is 1. The van der Waals surface area contributed by atoms with Crippen LogP contribution in [0.2, 0.25) is 0 Å². The van der Waals surface area contributed by atoms with Crippen molar-refractivity contribution in [2.45, 2.75) is 25.3 Å². The first-order chi connectivity index (χ1) is 5.40. The molecular weight excluding hydrogens is 209 g/mol. The molecule has 0 bridgehead atoms. The summed E-state index contributed by atoms with van der Waals surface area (Å²) < 4.78 is 1.92. The van der Waals surface area contributed by atoms with Crippen LogP contribution in [0.3, 0.4) is 0 Å². The van der Waals surface area contributed by atoms with Gasteiger partial charge in [-0.2, -0.15) is 5.10 Å². The lowest BCUT2D eigenvalue weighted by Crippen LogP contribution is -2.09. The molecule has 1 fully saturated rings. The van der Waals surface area contributed by atoms with Crippen LogP contribution in [0.1, 0.15) is 24.3 Å². The Morgan fingerprint density at radius 2 is 2.15 bits per heavy atom. The molecule has 1 aromatic heterocycles. The van der Waals surface area contributed by atoms with E-state index in [1.165, 1.54) is 18.4 Å². The van der Waals surface area contributed by atoms with Crippen LogP contribution < -0.4 is 5.73 Å². The Morgan fingerprint density at radius 3 is 2.69 bits per heavy atom. The van der Waals surface area contributed by atoms with Gasteiger partial charge in [0.1, 0.15) is 0 Å². The van der Waals surface area contributed by atoms with Crippen LogP contribution in [0.4, 0.5) is 0 Å². The number of hydrogen-bond donors (Lipinski definition) is 1. The number of nitrogens with zero attached hydrogens (tertiary/aromatic N) is 2. The van der Waals surface area contributed by atoms with Gasteiger partial charge >= 0.3 is 0 Å². The fraction of sp³-hybridized carbons (Fsp3) is 0.625. The van der Waals surface area contributed by atoms with Gasteiger partial charge < -0.3 is 5.73 Å². The molecule has 0 atom stereocenters. The smallest absolute Gasteiger partial charge is 0.0531 e. The first-order valence-corrected chi connectivity index (χ1v) is 4.12. The zero-order valence-corrected chi connectivity index (χ0v) is 8.98. The first-order valence-electron chi connectivity index (χ1n) is 4.12. The van der Waals surface area contributed by atoms with E-state index >= 15 is 0 Å².